The molecular formula is C14H24N4O2. The number of hydrogen-bond donors (Lipinski definition) is 2. The van der Waals surface area contributed by atoms with Gasteiger partial charge in [-0.1, -0.05) is 13.3 Å². The van der Waals surface area contributed by atoms with Crippen LogP contribution in [0.3, 0.4) is 0 Å². The van der Waals surface area contributed by atoms with E-state index in [0.717, 1.165) is 43.7 Å². The topological polar surface area (TPSA) is 82.3 Å². The van der Waals surface area contributed by atoms with Crippen molar-refractivity contribution in [1.82, 2.24) is 9.97 Å². The molecule has 1 aromatic heterocycles. The average molecular weight is 280 g/mol. The van der Waals surface area contributed by atoms with Crippen molar-refractivity contribution in [2.75, 3.05) is 25.2 Å². The van der Waals surface area contributed by atoms with Crippen molar-refractivity contribution in [1.29, 1.82) is 0 Å². The first-order valence-electron chi connectivity index (χ1n) is 7.32. The van der Waals surface area contributed by atoms with Crippen LogP contribution in [0.5, 0.6) is 5.88 Å². The third-order valence-corrected chi connectivity index (χ3v) is 3.31. The number of ether oxygens (including phenoxy) is 2. The number of rotatable bonds is 9. The molecule has 0 bridgehead atoms. The molecule has 6 heteroatoms. The summed E-state index contributed by atoms with van der Waals surface area (Å²) in [5.74, 6) is 8.03. The van der Waals surface area contributed by atoms with Gasteiger partial charge in [-0.3, -0.25) is 0 Å². The Labute approximate surface area is 120 Å². The molecule has 0 spiro atoms. The van der Waals surface area contributed by atoms with E-state index in [1.165, 1.54) is 0 Å². The van der Waals surface area contributed by atoms with E-state index in [0.29, 0.717) is 30.8 Å². The number of nitrogens with zero attached hydrogens (tertiary/aromatic N) is 2. The molecule has 0 aromatic carbocycles. The van der Waals surface area contributed by atoms with Gasteiger partial charge in [-0.25, -0.2) is 10.8 Å². The third kappa shape index (κ3) is 4.05. The predicted octanol–water partition coefficient (Wildman–Crippen LogP) is 2.14. The summed E-state index contributed by atoms with van der Waals surface area (Å²) >= 11 is 0. The van der Waals surface area contributed by atoms with Crippen molar-refractivity contribution < 1.29 is 9.47 Å². The van der Waals surface area contributed by atoms with Crippen molar-refractivity contribution in [3.63, 3.8) is 0 Å². The number of nitrogens with one attached hydrogen (secondary N) is 1. The van der Waals surface area contributed by atoms with E-state index >= 15 is 0 Å². The molecule has 0 unspecified atom stereocenters. The number of nitrogen functional groups attached to an aromatic ring is 1. The van der Waals surface area contributed by atoms with Crippen LogP contribution in [0.4, 0.5) is 5.82 Å². The molecule has 3 N–H and O–H groups in total. The summed E-state index contributed by atoms with van der Waals surface area (Å²) in [5, 5.41) is 0. The van der Waals surface area contributed by atoms with E-state index in [4.69, 9.17) is 15.3 Å². The highest BCUT2D eigenvalue weighted by Crippen LogP contribution is 2.39. The van der Waals surface area contributed by atoms with Crippen LogP contribution < -0.4 is 16.0 Å². The fraction of sp³-hybridized carbons (Fsp3) is 0.714. The Hall–Kier alpha value is -1.40. The summed E-state index contributed by atoms with van der Waals surface area (Å²) in [6.07, 6.45) is 4.51. The van der Waals surface area contributed by atoms with E-state index < -0.39 is 0 Å². The van der Waals surface area contributed by atoms with Crippen molar-refractivity contribution in [2.45, 2.75) is 45.4 Å². The first-order valence-corrected chi connectivity index (χ1v) is 7.32. The lowest BCUT2D eigenvalue weighted by Gasteiger charge is -2.12. The zero-order valence-electron chi connectivity index (χ0n) is 12.3. The van der Waals surface area contributed by atoms with Crippen LogP contribution in [0, 0.1) is 6.92 Å². The van der Waals surface area contributed by atoms with Crippen LogP contribution >= 0.6 is 0 Å². The lowest BCUT2D eigenvalue weighted by molar-refractivity contribution is 0.0961. The van der Waals surface area contributed by atoms with Crippen LogP contribution in [-0.4, -0.2) is 29.8 Å². The number of unbranched alkanes of at least 4 members (excludes halogenated alkanes) is 1. The lowest BCUT2D eigenvalue weighted by atomic mass is 10.3. The molecule has 20 heavy (non-hydrogen) atoms. The molecule has 1 fully saturated rings. The maximum absolute atomic E-state index is 5.71. The van der Waals surface area contributed by atoms with E-state index in [9.17, 15) is 0 Å². The van der Waals surface area contributed by atoms with Crippen LogP contribution in [0.1, 0.15) is 49.9 Å². The summed E-state index contributed by atoms with van der Waals surface area (Å²) in [6.45, 7) is 5.90. The molecular weight excluding hydrogens is 256 g/mol. The number of hydrogen-bond acceptors (Lipinski definition) is 6. The number of hydrazine groups is 1. The molecule has 0 aliphatic heterocycles. The Balaban J connectivity index is 1.90. The van der Waals surface area contributed by atoms with Crippen LogP contribution in [0.15, 0.2) is 0 Å². The summed E-state index contributed by atoms with van der Waals surface area (Å²) in [5.41, 5.74) is 3.45. The smallest absolute Gasteiger partial charge is 0.221 e. The largest absolute Gasteiger partial charge is 0.475 e. The Morgan fingerprint density at radius 2 is 2.05 bits per heavy atom. The van der Waals surface area contributed by atoms with Gasteiger partial charge in [0.1, 0.15) is 18.2 Å². The standard InChI is InChI=1S/C14H24N4O2/c1-3-4-7-19-8-9-20-14-10(2)12(18-15)16-13(17-14)11-5-6-11/h11H,3-9,15H2,1-2H3,(H,16,17,18). The monoisotopic (exact) mass is 280 g/mol. The maximum atomic E-state index is 5.71. The van der Waals surface area contributed by atoms with Crippen molar-refractivity contribution >= 4 is 5.82 Å². The predicted molar refractivity (Wildman–Crippen MR) is 77.8 cm³/mol. The number of anilines is 1. The molecule has 0 atom stereocenters. The van der Waals surface area contributed by atoms with Gasteiger partial charge < -0.3 is 14.9 Å². The zero-order chi connectivity index (χ0) is 14.4. The maximum Gasteiger partial charge on any atom is 0.221 e. The van der Waals surface area contributed by atoms with Crippen molar-refractivity contribution in [2.24, 2.45) is 5.84 Å². The Bertz CT molecular complexity index is 435. The second-order valence-corrected chi connectivity index (χ2v) is 5.09. The van der Waals surface area contributed by atoms with Gasteiger partial charge in [-0.15, -0.1) is 0 Å². The molecule has 0 saturated heterocycles. The normalized spacial score (nSPS) is 14.3. The Kier molecular flexibility index (Phi) is 5.55. The molecule has 2 rings (SSSR count). The highest BCUT2D eigenvalue weighted by Gasteiger charge is 2.28. The highest BCUT2D eigenvalue weighted by atomic mass is 16.5. The fourth-order valence-electron chi connectivity index (χ4n) is 1.86. The van der Waals surface area contributed by atoms with Gasteiger partial charge in [0.05, 0.1) is 12.2 Å². The van der Waals surface area contributed by atoms with Crippen LogP contribution in [0.2, 0.25) is 0 Å². The summed E-state index contributed by atoms with van der Waals surface area (Å²) < 4.78 is 11.2. The third-order valence-electron chi connectivity index (χ3n) is 3.31. The van der Waals surface area contributed by atoms with Gasteiger partial charge in [-0.05, 0) is 26.2 Å². The molecule has 112 valence electrons. The molecule has 6 nitrogen and oxygen atoms in total. The highest BCUT2D eigenvalue weighted by molar-refractivity contribution is 5.48. The molecule has 1 heterocycles. The zero-order valence-corrected chi connectivity index (χ0v) is 12.3. The first-order chi connectivity index (χ1) is 9.76. The summed E-state index contributed by atoms with van der Waals surface area (Å²) in [4.78, 5) is 8.92. The SMILES string of the molecule is CCCCOCCOc1nc(C2CC2)nc(NN)c1C. The second-order valence-electron chi connectivity index (χ2n) is 5.09. The van der Waals surface area contributed by atoms with Crippen LogP contribution in [-0.2, 0) is 4.74 Å². The van der Waals surface area contributed by atoms with E-state index in [2.05, 4.69) is 22.3 Å². The van der Waals surface area contributed by atoms with Gasteiger partial charge in [0.25, 0.3) is 0 Å². The van der Waals surface area contributed by atoms with Gasteiger partial charge in [0, 0.05) is 12.5 Å². The molecule has 0 radical (unpaired) electrons. The summed E-state index contributed by atoms with van der Waals surface area (Å²) in [7, 11) is 0. The summed E-state index contributed by atoms with van der Waals surface area (Å²) in [6, 6.07) is 0. The molecule has 1 aliphatic rings. The van der Waals surface area contributed by atoms with E-state index in [-0.39, 0.29) is 0 Å². The van der Waals surface area contributed by atoms with E-state index in [1.54, 1.807) is 0 Å². The second kappa shape index (κ2) is 7.40. The van der Waals surface area contributed by atoms with Crippen molar-refractivity contribution in [3.8, 4) is 5.88 Å². The quantitative estimate of drug-likeness (QED) is 0.410. The number of nitrogens with two attached hydrogens (primary N) is 1. The molecule has 1 saturated carbocycles. The minimum atomic E-state index is 0.464. The minimum absolute atomic E-state index is 0.464. The van der Waals surface area contributed by atoms with Crippen LogP contribution in [0.25, 0.3) is 0 Å². The molecule has 1 aliphatic carbocycles. The minimum Gasteiger partial charge on any atom is -0.475 e. The Morgan fingerprint density at radius 3 is 2.70 bits per heavy atom. The fourth-order valence-corrected chi connectivity index (χ4v) is 1.86. The van der Waals surface area contributed by atoms with Gasteiger partial charge in [0.2, 0.25) is 5.88 Å². The van der Waals surface area contributed by atoms with E-state index in [1.807, 2.05) is 6.92 Å². The van der Waals surface area contributed by atoms with Gasteiger partial charge in [-0.2, -0.15) is 4.98 Å². The van der Waals surface area contributed by atoms with Gasteiger partial charge in [0.15, 0.2) is 0 Å². The number of aromatic nitrogens is 2. The average Bonchev–Trinajstić information content (AvgIpc) is 3.29. The first kappa shape index (κ1) is 15.0. The van der Waals surface area contributed by atoms with Gasteiger partial charge >= 0.3 is 0 Å². The molecule has 1 aromatic rings. The Morgan fingerprint density at radius 1 is 1.25 bits per heavy atom. The van der Waals surface area contributed by atoms with Crippen molar-refractivity contribution in [3.05, 3.63) is 11.4 Å². The molecule has 0 amide bonds. The lowest BCUT2D eigenvalue weighted by Crippen LogP contribution is -2.15.